The average molecular weight is 447 g/mol. The van der Waals surface area contributed by atoms with Crippen LogP contribution in [0.5, 0.6) is 11.5 Å². The van der Waals surface area contributed by atoms with E-state index in [0.29, 0.717) is 36.0 Å². The molecule has 7 heteroatoms. The summed E-state index contributed by atoms with van der Waals surface area (Å²) in [5, 5.41) is 3.47. The zero-order chi connectivity index (χ0) is 22.8. The fraction of sp³-hybridized carbons (Fsp3) is 0.417. The molecule has 0 fully saturated rings. The van der Waals surface area contributed by atoms with Crippen molar-refractivity contribution in [3.05, 3.63) is 58.6 Å². The number of carbonyl (C=O) groups is 2. The normalized spacial score (nSPS) is 11.5. The third kappa shape index (κ3) is 7.17. The van der Waals surface area contributed by atoms with Crippen LogP contribution >= 0.6 is 11.6 Å². The highest BCUT2D eigenvalue weighted by Crippen LogP contribution is 2.28. The Morgan fingerprint density at radius 3 is 2.45 bits per heavy atom. The van der Waals surface area contributed by atoms with E-state index in [-0.39, 0.29) is 18.2 Å². The lowest BCUT2D eigenvalue weighted by Gasteiger charge is -2.29. The number of hydrogen-bond donors (Lipinski definition) is 1. The summed E-state index contributed by atoms with van der Waals surface area (Å²) < 4.78 is 10.6. The Bertz CT molecular complexity index is 888. The van der Waals surface area contributed by atoms with Crippen molar-refractivity contribution in [1.82, 2.24) is 10.2 Å². The number of carbonyl (C=O) groups excluding carboxylic acids is 2. The third-order valence-corrected chi connectivity index (χ3v) is 5.27. The largest absolute Gasteiger partial charge is 0.493 e. The van der Waals surface area contributed by atoms with Crippen LogP contribution in [-0.2, 0) is 22.6 Å². The van der Waals surface area contributed by atoms with Crippen LogP contribution in [0.4, 0.5) is 0 Å². The van der Waals surface area contributed by atoms with E-state index in [2.05, 4.69) is 5.32 Å². The molecule has 2 aromatic carbocycles. The monoisotopic (exact) mass is 446 g/mol. The summed E-state index contributed by atoms with van der Waals surface area (Å²) in [6.45, 7) is 4.63. The molecule has 0 radical (unpaired) electrons. The van der Waals surface area contributed by atoms with Crippen LogP contribution in [0.2, 0.25) is 5.02 Å². The number of halogens is 1. The quantitative estimate of drug-likeness (QED) is 0.560. The number of hydrogen-bond acceptors (Lipinski definition) is 4. The predicted molar refractivity (Wildman–Crippen MR) is 123 cm³/mol. The van der Waals surface area contributed by atoms with Crippen molar-refractivity contribution in [1.29, 1.82) is 0 Å². The van der Waals surface area contributed by atoms with Crippen molar-refractivity contribution >= 4 is 23.4 Å². The Kier molecular flexibility index (Phi) is 9.66. The SMILES string of the molecule is CCCNC(=O)C(C)N(Cc1cccc(Cl)c1)C(=O)CCc1ccc(OC)c(OC)c1. The van der Waals surface area contributed by atoms with Gasteiger partial charge in [-0.15, -0.1) is 0 Å². The van der Waals surface area contributed by atoms with Gasteiger partial charge < -0.3 is 19.7 Å². The fourth-order valence-electron chi connectivity index (χ4n) is 3.24. The number of benzene rings is 2. The zero-order valence-corrected chi connectivity index (χ0v) is 19.4. The molecule has 0 saturated heterocycles. The van der Waals surface area contributed by atoms with Crippen molar-refractivity contribution in [2.24, 2.45) is 0 Å². The van der Waals surface area contributed by atoms with E-state index in [1.165, 1.54) is 0 Å². The van der Waals surface area contributed by atoms with Gasteiger partial charge in [-0.05, 0) is 55.2 Å². The topological polar surface area (TPSA) is 67.9 Å². The highest BCUT2D eigenvalue weighted by Gasteiger charge is 2.25. The molecular formula is C24H31ClN2O4. The molecule has 0 aliphatic rings. The lowest BCUT2D eigenvalue weighted by molar-refractivity contribution is -0.140. The molecule has 0 heterocycles. The fourth-order valence-corrected chi connectivity index (χ4v) is 3.45. The minimum absolute atomic E-state index is 0.103. The molecule has 0 aliphatic heterocycles. The maximum atomic E-state index is 13.2. The van der Waals surface area contributed by atoms with Gasteiger partial charge in [0.2, 0.25) is 11.8 Å². The average Bonchev–Trinajstić information content (AvgIpc) is 2.78. The Morgan fingerprint density at radius 2 is 1.81 bits per heavy atom. The first-order valence-electron chi connectivity index (χ1n) is 10.4. The Balaban J connectivity index is 2.15. The molecule has 0 bridgehead atoms. The summed E-state index contributed by atoms with van der Waals surface area (Å²) >= 11 is 6.11. The van der Waals surface area contributed by atoms with E-state index in [1.54, 1.807) is 32.1 Å². The van der Waals surface area contributed by atoms with Crippen molar-refractivity contribution in [3.63, 3.8) is 0 Å². The summed E-state index contributed by atoms with van der Waals surface area (Å²) in [6, 6.07) is 12.3. The van der Waals surface area contributed by atoms with Gasteiger partial charge in [0.15, 0.2) is 11.5 Å². The number of ether oxygens (including phenoxy) is 2. The maximum Gasteiger partial charge on any atom is 0.242 e. The van der Waals surface area contributed by atoms with Crippen LogP contribution in [0.3, 0.4) is 0 Å². The molecular weight excluding hydrogens is 416 g/mol. The molecule has 1 N–H and O–H groups in total. The van der Waals surface area contributed by atoms with Crippen LogP contribution in [0.1, 0.15) is 37.8 Å². The standard InChI is InChI=1S/C24H31ClN2O4/c1-5-13-26-24(29)17(2)27(16-19-7-6-8-20(25)14-19)23(28)12-10-18-9-11-21(30-3)22(15-18)31-4/h6-9,11,14-15,17H,5,10,12-13,16H2,1-4H3,(H,26,29). The molecule has 2 amide bonds. The van der Waals surface area contributed by atoms with Crippen LogP contribution in [0.25, 0.3) is 0 Å². The number of nitrogens with zero attached hydrogens (tertiary/aromatic N) is 1. The lowest BCUT2D eigenvalue weighted by atomic mass is 10.1. The minimum Gasteiger partial charge on any atom is -0.493 e. The van der Waals surface area contributed by atoms with Gasteiger partial charge >= 0.3 is 0 Å². The van der Waals surface area contributed by atoms with E-state index in [1.807, 2.05) is 43.3 Å². The molecule has 2 rings (SSSR count). The molecule has 31 heavy (non-hydrogen) atoms. The minimum atomic E-state index is -0.594. The van der Waals surface area contributed by atoms with Crippen LogP contribution in [0.15, 0.2) is 42.5 Å². The first-order valence-corrected chi connectivity index (χ1v) is 10.8. The van der Waals surface area contributed by atoms with Crippen molar-refractivity contribution in [2.75, 3.05) is 20.8 Å². The summed E-state index contributed by atoms with van der Waals surface area (Å²) in [7, 11) is 3.16. The van der Waals surface area contributed by atoms with Crippen molar-refractivity contribution in [2.45, 2.75) is 45.7 Å². The smallest absolute Gasteiger partial charge is 0.242 e. The first-order chi connectivity index (χ1) is 14.9. The van der Waals surface area contributed by atoms with Gasteiger partial charge in [0.25, 0.3) is 0 Å². The van der Waals surface area contributed by atoms with Gasteiger partial charge in [-0.2, -0.15) is 0 Å². The first kappa shape index (κ1) is 24.5. The van der Waals surface area contributed by atoms with Gasteiger partial charge in [-0.1, -0.05) is 36.7 Å². The molecule has 0 aliphatic carbocycles. The Morgan fingerprint density at radius 1 is 1.06 bits per heavy atom. The molecule has 0 aromatic heterocycles. The lowest BCUT2D eigenvalue weighted by Crippen LogP contribution is -2.47. The van der Waals surface area contributed by atoms with Gasteiger partial charge in [0.1, 0.15) is 6.04 Å². The number of rotatable bonds is 11. The molecule has 168 valence electrons. The highest BCUT2D eigenvalue weighted by atomic mass is 35.5. The Hall–Kier alpha value is -2.73. The van der Waals surface area contributed by atoms with E-state index < -0.39 is 6.04 Å². The second-order valence-electron chi connectivity index (χ2n) is 7.31. The molecule has 0 spiro atoms. The molecule has 1 unspecified atom stereocenters. The van der Waals surface area contributed by atoms with Crippen LogP contribution in [0, 0.1) is 0 Å². The maximum absolute atomic E-state index is 13.2. The van der Waals surface area contributed by atoms with Crippen LogP contribution < -0.4 is 14.8 Å². The summed E-state index contributed by atoms with van der Waals surface area (Å²) in [6.07, 6.45) is 1.62. The van der Waals surface area contributed by atoms with E-state index in [9.17, 15) is 9.59 Å². The molecule has 1 atom stereocenters. The van der Waals surface area contributed by atoms with Crippen molar-refractivity contribution < 1.29 is 19.1 Å². The second kappa shape index (κ2) is 12.2. The van der Waals surface area contributed by atoms with Gasteiger partial charge in [0.05, 0.1) is 14.2 Å². The van der Waals surface area contributed by atoms with E-state index in [4.69, 9.17) is 21.1 Å². The highest BCUT2D eigenvalue weighted by molar-refractivity contribution is 6.30. The van der Waals surface area contributed by atoms with E-state index in [0.717, 1.165) is 17.5 Å². The second-order valence-corrected chi connectivity index (χ2v) is 7.74. The van der Waals surface area contributed by atoms with Crippen LogP contribution in [-0.4, -0.2) is 43.5 Å². The summed E-state index contributed by atoms with van der Waals surface area (Å²) in [5.41, 5.74) is 1.83. The molecule has 0 saturated carbocycles. The summed E-state index contributed by atoms with van der Waals surface area (Å²) in [4.78, 5) is 27.3. The Labute approximate surface area is 189 Å². The molecule has 6 nitrogen and oxygen atoms in total. The van der Waals surface area contributed by atoms with E-state index >= 15 is 0 Å². The van der Waals surface area contributed by atoms with Gasteiger partial charge in [-0.3, -0.25) is 9.59 Å². The number of nitrogens with one attached hydrogen (secondary N) is 1. The number of methoxy groups -OCH3 is 2. The number of amides is 2. The zero-order valence-electron chi connectivity index (χ0n) is 18.6. The number of aryl methyl sites for hydroxylation is 1. The van der Waals surface area contributed by atoms with Crippen molar-refractivity contribution in [3.8, 4) is 11.5 Å². The predicted octanol–water partition coefficient (Wildman–Crippen LogP) is 4.23. The third-order valence-electron chi connectivity index (χ3n) is 5.03. The van der Waals surface area contributed by atoms with Gasteiger partial charge in [-0.25, -0.2) is 0 Å². The summed E-state index contributed by atoms with van der Waals surface area (Å²) in [5.74, 6) is 0.995. The molecule has 2 aromatic rings. The van der Waals surface area contributed by atoms with Gasteiger partial charge in [0, 0.05) is 24.5 Å².